The molecule has 1 saturated heterocycles. The average Bonchev–Trinajstić information content (AvgIpc) is 2.58. The molecule has 1 fully saturated rings. The normalized spacial score (nSPS) is 14.7. The largest absolute Gasteiger partial charge is 0.368 e. The number of anilines is 1. The number of halogens is 1. The highest BCUT2D eigenvalue weighted by atomic mass is 35.5. The van der Waals surface area contributed by atoms with E-state index >= 15 is 0 Å². The second kappa shape index (κ2) is 9.63. The fraction of sp³-hybridized carbons (Fsp3) is 0.556. The molecule has 2 amide bonds. The van der Waals surface area contributed by atoms with E-state index in [1.54, 1.807) is 4.90 Å². The van der Waals surface area contributed by atoms with Crippen LogP contribution in [0, 0.1) is 0 Å². The lowest BCUT2D eigenvalue weighted by molar-refractivity contribution is -0.136. The number of amides is 2. The molecule has 0 atom stereocenters. The van der Waals surface area contributed by atoms with Gasteiger partial charge < -0.3 is 20.0 Å². The van der Waals surface area contributed by atoms with Gasteiger partial charge in [-0.05, 0) is 45.3 Å². The summed E-state index contributed by atoms with van der Waals surface area (Å²) in [5.74, 6) is -0.295. The smallest absolute Gasteiger partial charge is 0.232 e. The van der Waals surface area contributed by atoms with Gasteiger partial charge in [-0.1, -0.05) is 17.7 Å². The van der Waals surface area contributed by atoms with Crippen molar-refractivity contribution >= 4 is 29.1 Å². The summed E-state index contributed by atoms with van der Waals surface area (Å²) >= 11 is 6.03. The van der Waals surface area contributed by atoms with Crippen LogP contribution in [0.25, 0.3) is 0 Å². The van der Waals surface area contributed by atoms with E-state index in [0.717, 1.165) is 31.7 Å². The Balaban J connectivity index is 1.71. The number of carbonyl (C=O) groups excluding carboxylic acids is 2. The quantitative estimate of drug-likeness (QED) is 0.586. The van der Waals surface area contributed by atoms with Gasteiger partial charge in [-0.15, -0.1) is 0 Å². The zero-order valence-corrected chi connectivity index (χ0v) is 15.8. The molecule has 1 aliphatic heterocycles. The van der Waals surface area contributed by atoms with Gasteiger partial charge in [-0.2, -0.15) is 0 Å². The second-order valence-electron chi connectivity index (χ2n) is 6.53. The number of carbonyl (C=O) groups is 2. The van der Waals surface area contributed by atoms with E-state index in [0.29, 0.717) is 24.7 Å². The maximum Gasteiger partial charge on any atom is 0.232 e. The Morgan fingerprint density at radius 3 is 2.56 bits per heavy atom. The third-order valence-electron chi connectivity index (χ3n) is 4.22. The van der Waals surface area contributed by atoms with E-state index in [1.807, 2.05) is 38.4 Å². The van der Waals surface area contributed by atoms with Gasteiger partial charge >= 0.3 is 0 Å². The predicted molar refractivity (Wildman–Crippen MR) is 101 cm³/mol. The van der Waals surface area contributed by atoms with Crippen molar-refractivity contribution in [3.8, 4) is 0 Å². The number of rotatable bonds is 7. The molecular weight excluding hydrogens is 340 g/mol. The van der Waals surface area contributed by atoms with E-state index in [-0.39, 0.29) is 18.2 Å². The van der Waals surface area contributed by atoms with Crippen molar-refractivity contribution in [1.82, 2.24) is 15.1 Å². The first-order chi connectivity index (χ1) is 12.0. The standard InChI is InChI=1S/C18H27ClN4O2/c1-21(2)8-4-7-20-17(24)14-18(25)23-11-9-22(10-12-23)16-6-3-5-15(19)13-16/h3,5-6,13H,4,7-12,14H2,1-2H3,(H,20,24). The number of nitrogens with one attached hydrogen (secondary N) is 1. The Morgan fingerprint density at radius 2 is 1.92 bits per heavy atom. The summed E-state index contributed by atoms with van der Waals surface area (Å²) in [5.41, 5.74) is 1.07. The maximum absolute atomic E-state index is 12.3. The summed E-state index contributed by atoms with van der Waals surface area (Å²) in [5, 5.41) is 3.52. The SMILES string of the molecule is CN(C)CCCNC(=O)CC(=O)N1CCN(c2cccc(Cl)c2)CC1. The first kappa shape index (κ1) is 19.5. The molecule has 1 aromatic rings. The Labute approximate surface area is 154 Å². The zero-order chi connectivity index (χ0) is 18.2. The maximum atomic E-state index is 12.3. The van der Waals surface area contributed by atoms with Gasteiger partial charge in [0.1, 0.15) is 6.42 Å². The molecule has 0 bridgehead atoms. The van der Waals surface area contributed by atoms with Crippen LogP contribution in [0.15, 0.2) is 24.3 Å². The molecule has 1 heterocycles. The fourth-order valence-electron chi connectivity index (χ4n) is 2.82. The molecule has 0 saturated carbocycles. The summed E-state index contributed by atoms with van der Waals surface area (Å²) in [7, 11) is 3.99. The molecule has 0 aromatic heterocycles. The molecule has 25 heavy (non-hydrogen) atoms. The van der Waals surface area contributed by atoms with E-state index < -0.39 is 0 Å². The Bertz CT molecular complexity index is 586. The molecule has 0 unspecified atom stereocenters. The monoisotopic (exact) mass is 366 g/mol. The van der Waals surface area contributed by atoms with Gasteiger partial charge in [-0.25, -0.2) is 0 Å². The van der Waals surface area contributed by atoms with Crippen molar-refractivity contribution in [2.45, 2.75) is 12.8 Å². The van der Waals surface area contributed by atoms with Crippen molar-refractivity contribution in [3.63, 3.8) is 0 Å². The van der Waals surface area contributed by atoms with Crippen LogP contribution in [0.1, 0.15) is 12.8 Å². The Kier molecular flexibility index (Phi) is 7.52. The lowest BCUT2D eigenvalue weighted by Gasteiger charge is -2.36. The third kappa shape index (κ3) is 6.55. The number of nitrogens with zero attached hydrogens (tertiary/aromatic N) is 3. The highest BCUT2D eigenvalue weighted by Gasteiger charge is 2.22. The summed E-state index contributed by atoms with van der Waals surface area (Å²) < 4.78 is 0. The summed E-state index contributed by atoms with van der Waals surface area (Å²) in [6.45, 7) is 4.26. The van der Waals surface area contributed by atoms with Crippen molar-refractivity contribution in [2.24, 2.45) is 0 Å². The van der Waals surface area contributed by atoms with Gasteiger partial charge in [0.2, 0.25) is 11.8 Å². The fourth-order valence-corrected chi connectivity index (χ4v) is 3.01. The van der Waals surface area contributed by atoms with Crippen LogP contribution in [0.2, 0.25) is 5.02 Å². The lowest BCUT2D eigenvalue weighted by atomic mass is 10.2. The van der Waals surface area contributed by atoms with Gasteiger partial charge in [0, 0.05) is 43.4 Å². The molecule has 1 aromatic carbocycles. The van der Waals surface area contributed by atoms with Crippen LogP contribution in [0.4, 0.5) is 5.69 Å². The average molecular weight is 367 g/mol. The van der Waals surface area contributed by atoms with E-state index in [4.69, 9.17) is 11.6 Å². The van der Waals surface area contributed by atoms with Gasteiger partial charge in [0.05, 0.1) is 0 Å². The van der Waals surface area contributed by atoms with Crippen molar-refractivity contribution < 1.29 is 9.59 Å². The van der Waals surface area contributed by atoms with E-state index in [9.17, 15) is 9.59 Å². The van der Waals surface area contributed by atoms with Gasteiger partial charge in [0.15, 0.2) is 0 Å². The molecule has 2 rings (SSSR count). The van der Waals surface area contributed by atoms with Gasteiger partial charge in [0.25, 0.3) is 0 Å². The lowest BCUT2D eigenvalue weighted by Crippen LogP contribution is -2.49. The topological polar surface area (TPSA) is 55.9 Å². The van der Waals surface area contributed by atoms with Crippen LogP contribution in [-0.4, -0.2) is 75.0 Å². The molecule has 0 radical (unpaired) electrons. The molecule has 0 spiro atoms. The molecule has 6 nitrogen and oxygen atoms in total. The molecule has 138 valence electrons. The van der Waals surface area contributed by atoms with Crippen LogP contribution in [0.3, 0.4) is 0 Å². The molecular formula is C18H27ClN4O2. The van der Waals surface area contributed by atoms with Crippen molar-refractivity contribution in [3.05, 3.63) is 29.3 Å². The van der Waals surface area contributed by atoms with Crippen molar-refractivity contribution in [2.75, 3.05) is 58.3 Å². The summed E-state index contributed by atoms with van der Waals surface area (Å²) in [6.07, 6.45) is 0.810. The summed E-state index contributed by atoms with van der Waals surface area (Å²) in [6, 6.07) is 7.72. The van der Waals surface area contributed by atoms with Crippen LogP contribution in [-0.2, 0) is 9.59 Å². The van der Waals surface area contributed by atoms with Crippen molar-refractivity contribution in [1.29, 1.82) is 0 Å². The highest BCUT2D eigenvalue weighted by Crippen LogP contribution is 2.20. The van der Waals surface area contributed by atoms with E-state index in [2.05, 4.69) is 15.1 Å². The zero-order valence-electron chi connectivity index (χ0n) is 15.0. The molecule has 1 N–H and O–H groups in total. The van der Waals surface area contributed by atoms with Crippen LogP contribution in [0.5, 0.6) is 0 Å². The Hall–Kier alpha value is -1.79. The number of hydrogen-bond acceptors (Lipinski definition) is 4. The molecule has 1 aliphatic rings. The Morgan fingerprint density at radius 1 is 1.20 bits per heavy atom. The number of hydrogen-bond donors (Lipinski definition) is 1. The minimum Gasteiger partial charge on any atom is -0.368 e. The van der Waals surface area contributed by atoms with Crippen LogP contribution >= 0.6 is 11.6 Å². The minimum atomic E-state index is -0.193. The molecule has 7 heteroatoms. The van der Waals surface area contributed by atoms with Gasteiger partial charge in [-0.3, -0.25) is 9.59 Å². The first-order valence-corrected chi connectivity index (χ1v) is 9.03. The van der Waals surface area contributed by atoms with Crippen LogP contribution < -0.4 is 10.2 Å². The predicted octanol–water partition coefficient (Wildman–Crippen LogP) is 1.45. The minimum absolute atomic E-state index is 0.0703. The second-order valence-corrected chi connectivity index (χ2v) is 6.97. The number of benzene rings is 1. The first-order valence-electron chi connectivity index (χ1n) is 8.65. The highest BCUT2D eigenvalue weighted by molar-refractivity contribution is 6.30. The number of piperazine rings is 1. The van der Waals surface area contributed by atoms with E-state index in [1.165, 1.54) is 0 Å². The third-order valence-corrected chi connectivity index (χ3v) is 4.46. The summed E-state index contributed by atoms with van der Waals surface area (Å²) in [4.78, 5) is 30.2. The molecule has 0 aliphatic carbocycles.